The third-order valence-electron chi connectivity index (χ3n) is 3.72. The van der Waals surface area contributed by atoms with Gasteiger partial charge in [-0.3, -0.25) is 0 Å². The molecule has 0 radical (unpaired) electrons. The summed E-state index contributed by atoms with van der Waals surface area (Å²) in [7, 11) is 0. The molecule has 0 bridgehead atoms. The molecule has 0 aromatic heterocycles. The molecule has 0 spiro atoms. The molecule has 0 heterocycles. The number of nitrogens with two attached hydrogens (primary N) is 1. The lowest BCUT2D eigenvalue weighted by molar-refractivity contribution is 0.518. The van der Waals surface area contributed by atoms with Crippen LogP contribution < -0.4 is 5.73 Å². The summed E-state index contributed by atoms with van der Waals surface area (Å²) in [6.45, 7) is 0. The second-order valence-electron chi connectivity index (χ2n) is 4.79. The summed E-state index contributed by atoms with van der Waals surface area (Å²) in [6, 6.07) is 19.6. The van der Waals surface area contributed by atoms with E-state index in [1.165, 1.54) is 16.7 Å². The topological polar surface area (TPSA) is 26.0 Å². The van der Waals surface area contributed by atoms with E-state index in [0.29, 0.717) is 5.92 Å². The third kappa shape index (κ3) is 1.87. The Labute approximate surface area is 102 Å². The summed E-state index contributed by atoms with van der Waals surface area (Å²) in [4.78, 5) is 0. The molecular formula is C16H17N. The Kier molecular flexibility index (Phi) is 2.69. The zero-order chi connectivity index (χ0) is 11.7. The van der Waals surface area contributed by atoms with Crippen molar-refractivity contribution in [3.8, 4) is 0 Å². The fourth-order valence-corrected chi connectivity index (χ4v) is 2.87. The molecule has 0 unspecified atom stereocenters. The smallest absolute Gasteiger partial charge is 0.0244 e. The maximum absolute atomic E-state index is 6.33. The molecule has 0 amide bonds. The Hall–Kier alpha value is -1.60. The molecule has 0 aliphatic heterocycles. The largest absolute Gasteiger partial charge is 0.327 e. The first-order valence-electron chi connectivity index (χ1n) is 6.24. The lowest BCUT2D eigenvalue weighted by Gasteiger charge is -2.31. The summed E-state index contributed by atoms with van der Waals surface area (Å²) in [5.41, 5.74) is 10.5. The lowest BCUT2D eigenvalue weighted by Crippen LogP contribution is -2.33. The molecule has 2 atom stereocenters. The molecule has 1 heteroatoms. The van der Waals surface area contributed by atoms with Crippen molar-refractivity contribution in [3.63, 3.8) is 0 Å². The zero-order valence-corrected chi connectivity index (χ0v) is 9.84. The number of benzene rings is 2. The van der Waals surface area contributed by atoms with Gasteiger partial charge in [-0.2, -0.15) is 0 Å². The van der Waals surface area contributed by atoms with E-state index >= 15 is 0 Å². The van der Waals surface area contributed by atoms with Gasteiger partial charge in [-0.05, 0) is 29.5 Å². The molecule has 2 aromatic carbocycles. The van der Waals surface area contributed by atoms with Crippen LogP contribution in [0.5, 0.6) is 0 Å². The molecule has 1 aliphatic carbocycles. The molecule has 0 saturated carbocycles. The quantitative estimate of drug-likeness (QED) is 0.790. The van der Waals surface area contributed by atoms with Gasteiger partial charge in [-0.25, -0.2) is 0 Å². The van der Waals surface area contributed by atoms with Crippen molar-refractivity contribution in [3.05, 3.63) is 71.3 Å². The van der Waals surface area contributed by atoms with Gasteiger partial charge in [0.05, 0.1) is 0 Å². The monoisotopic (exact) mass is 223 g/mol. The zero-order valence-electron chi connectivity index (χ0n) is 9.84. The van der Waals surface area contributed by atoms with Gasteiger partial charge in [0.2, 0.25) is 0 Å². The number of rotatable bonds is 1. The van der Waals surface area contributed by atoms with Gasteiger partial charge >= 0.3 is 0 Å². The molecule has 2 aromatic rings. The Morgan fingerprint density at radius 1 is 0.882 bits per heavy atom. The maximum atomic E-state index is 6.33. The summed E-state index contributed by atoms with van der Waals surface area (Å²) in [5, 5.41) is 0. The van der Waals surface area contributed by atoms with Crippen LogP contribution in [0.2, 0.25) is 0 Å². The van der Waals surface area contributed by atoms with E-state index in [0.717, 1.165) is 12.8 Å². The van der Waals surface area contributed by atoms with Crippen molar-refractivity contribution in [1.29, 1.82) is 0 Å². The minimum atomic E-state index is 0.243. The molecule has 17 heavy (non-hydrogen) atoms. The summed E-state index contributed by atoms with van der Waals surface area (Å²) < 4.78 is 0. The van der Waals surface area contributed by atoms with Crippen LogP contribution in [-0.2, 0) is 6.42 Å². The highest BCUT2D eigenvalue weighted by molar-refractivity contribution is 5.41. The highest BCUT2D eigenvalue weighted by Gasteiger charge is 2.27. The van der Waals surface area contributed by atoms with E-state index in [2.05, 4.69) is 54.6 Å². The van der Waals surface area contributed by atoms with Crippen LogP contribution >= 0.6 is 0 Å². The van der Waals surface area contributed by atoms with Gasteiger partial charge in [0, 0.05) is 12.0 Å². The van der Waals surface area contributed by atoms with Crippen molar-refractivity contribution in [1.82, 2.24) is 0 Å². The summed E-state index contributed by atoms with van der Waals surface area (Å²) >= 11 is 0. The van der Waals surface area contributed by atoms with E-state index in [9.17, 15) is 0 Å². The minimum absolute atomic E-state index is 0.243. The predicted octanol–water partition coefficient (Wildman–Crippen LogP) is 3.09. The standard InChI is InChI=1S/C16H17N/c17-15-11-10-12-6-4-5-9-14(12)16(15)13-7-2-1-3-8-13/h1-9,15-16H,10-11,17H2/t15-,16+/m0/s1. The van der Waals surface area contributed by atoms with Crippen molar-refractivity contribution in [2.45, 2.75) is 24.8 Å². The Morgan fingerprint density at radius 3 is 2.41 bits per heavy atom. The van der Waals surface area contributed by atoms with E-state index in [1.807, 2.05) is 0 Å². The Balaban J connectivity index is 2.10. The average molecular weight is 223 g/mol. The van der Waals surface area contributed by atoms with Gasteiger partial charge in [-0.15, -0.1) is 0 Å². The van der Waals surface area contributed by atoms with Gasteiger partial charge in [0.1, 0.15) is 0 Å². The van der Waals surface area contributed by atoms with Crippen LogP contribution in [0.15, 0.2) is 54.6 Å². The second-order valence-corrected chi connectivity index (χ2v) is 4.79. The van der Waals surface area contributed by atoms with Crippen LogP contribution in [0.25, 0.3) is 0 Å². The van der Waals surface area contributed by atoms with Crippen LogP contribution in [0.3, 0.4) is 0 Å². The van der Waals surface area contributed by atoms with Crippen molar-refractivity contribution < 1.29 is 0 Å². The first kappa shape index (κ1) is 10.5. The van der Waals surface area contributed by atoms with Crippen molar-refractivity contribution in [2.24, 2.45) is 5.73 Å². The van der Waals surface area contributed by atoms with Gasteiger partial charge in [0.25, 0.3) is 0 Å². The van der Waals surface area contributed by atoms with E-state index in [1.54, 1.807) is 0 Å². The third-order valence-corrected chi connectivity index (χ3v) is 3.72. The number of aryl methyl sites for hydroxylation is 1. The van der Waals surface area contributed by atoms with Gasteiger partial charge in [-0.1, -0.05) is 54.6 Å². The van der Waals surface area contributed by atoms with Gasteiger partial charge < -0.3 is 5.73 Å². The van der Waals surface area contributed by atoms with E-state index < -0.39 is 0 Å². The molecule has 1 nitrogen and oxygen atoms in total. The van der Waals surface area contributed by atoms with Crippen LogP contribution in [0.4, 0.5) is 0 Å². The first-order chi connectivity index (χ1) is 8.36. The lowest BCUT2D eigenvalue weighted by atomic mass is 9.76. The SMILES string of the molecule is N[C@H]1CCc2ccccc2[C@H]1c1ccccc1. The van der Waals surface area contributed by atoms with Gasteiger partial charge in [0.15, 0.2) is 0 Å². The number of hydrogen-bond acceptors (Lipinski definition) is 1. The van der Waals surface area contributed by atoms with Crippen LogP contribution in [-0.4, -0.2) is 6.04 Å². The van der Waals surface area contributed by atoms with E-state index in [-0.39, 0.29) is 6.04 Å². The fraction of sp³-hybridized carbons (Fsp3) is 0.250. The predicted molar refractivity (Wildman–Crippen MR) is 71.0 cm³/mol. The average Bonchev–Trinajstić information content (AvgIpc) is 2.39. The van der Waals surface area contributed by atoms with Crippen LogP contribution in [0, 0.1) is 0 Å². The number of hydrogen-bond donors (Lipinski definition) is 1. The molecule has 1 aliphatic rings. The molecular weight excluding hydrogens is 206 g/mol. The minimum Gasteiger partial charge on any atom is -0.327 e. The number of fused-ring (bicyclic) bond motifs is 1. The second kappa shape index (κ2) is 4.34. The Bertz CT molecular complexity index is 504. The maximum Gasteiger partial charge on any atom is 0.0244 e. The molecule has 0 saturated heterocycles. The van der Waals surface area contributed by atoms with E-state index in [4.69, 9.17) is 5.73 Å². The fourth-order valence-electron chi connectivity index (χ4n) is 2.87. The molecule has 86 valence electrons. The molecule has 0 fully saturated rings. The normalized spacial score (nSPS) is 23.1. The highest BCUT2D eigenvalue weighted by atomic mass is 14.7. The molecule has 3 rings (SSSR count). The molecule has 2 N–H and O–H groups in total. The summed E-state index contributed by atoms with van der Waals surface area (Å²) in [6.07, 6.45) is 2.19. The van der Waals surface area contributed by atoms with Crippen LogP contribution in [0.1, 0.15) is 29.0 Å². The van der Waals surface area contributed by atoms with Crippen molar-refractivity contribution >= 4 is 0 Å². The summed E-state index contributed by atoms with van der Waals surface area (Å²) in [5.74, 6) is 0.362. The highest BCUT2D eigenvalue weighted by Crippen LogP contribution is 2.35. The first-order valence-corrected chi connectivity index (χ1v) is 6.24. The van der Waals surface area contributed by atoms with Crippen molar-refractivity contribution in [2.75, 3.05) is 0 Å². The Morgan fingerprint density at radius 2 is 1.59 bits per heavy atom.